The van der Waals surface area contributed by atoms with Crippen molar-refractivity contribution in [3.63, 3.8) is 0 Å². The summed E-state index contributed by atoms with van der Waals surface area (Å²) in [5.74, 6) is -0.427. The number of benzene rings is 1. The molecule has 5 nitrogen and oxygen atoms in total. The predicted octanol–water partition coefficient (Wildman–Crippen LogP) is 0.696. The topological polar surface area (TPSA) is 76.4 Å². The number of carbonyl (C=O) groups is 1. The van der Waals surface area contributed by atoms with Crippen LogP contribution in [-0.2, 0) is 4.74 Å². The van der Waals surface area contributed by atoms with E-state index < -0.39 is 5.91 Å². The molecular formula is C10H15N3O2. The molecule has 0 fully saturated rings. The molecule has 0 aliphatic carbocycles. The van der Waals surface area contributed by atoms with Crippen LogP contribution in [0.25, 0.3) is 0 Å². The number of primary amides is 1. The Bertz CT molecular complexity index is 311. The van der Waals surface area contributed by atoms with E-state index in [1.54, 1.807) is 24.3 Å². The van der Waals surface area contributed by atoms with Crippen LogP contribution in [0.1, 0.15) is 17.3 Å². The highest BCUT2D eigenvalue weighted by Gasteiger charge is 1.98. The minimum absolute atomic E-state index is 0.425. The lowest BCUT2D eigenvalue weighted by molar-refractivity contribution is 0.100. The molecule has 82 valence electrons. The van der Waals surface area contributed by atoms with E-state index >= 15 is 0 Å². The van der Waals surface area contributed by atoms with Crippen molar-refractivity contribution in [3.05, 3.63) is 29.8 Å². The Labute approximate surface area is 88.6 Å². The molecule has 0 saturated carbocycles. The monoisotopic (exact) mass is 209 g/mol. The van der Waals surface area contributed by atoms with Crippen molar-refractivity contribution in [2.24, 2.45) is 5.73 Å². The van der Waals surface area contributed by atoms with Gasteiger partial charge in [0.1, 0.15) is 6.73 Å². The number of hydrogen-bond acceptors (Lipinski definition) is 4. The van der Waals surface area contributed by atoms with Gasteiger partial charge in [0.2, 0.25) is 5.91 Å². The first kappa shape index (κ1) is 11.5. The Balaban J connectivity index is 2.39. The summed E-state index contributed by atoms with van der Waals surface area (Å²) < 4.78 is 5.07. The zero-order valence-corrected chi connectivity index (χ0v) is 8.62. The summed E-state index contributed by atoms with van der Waals surface area (Å²) in [6.07, 6.45) is 0. The number of nitrogens with one attached hydrogen (secondary N) is 2. The van der Waals surface area contributed by atoms with Crippen LogP contribution >= 0.6 is 0 Å². The summed E-state index contributed by atoms with van der Waals surface area (Å²) >= 11 is 0. The van der Waals surface area contributed by atoms with Gasteiger partial charge in [-0.15, -0.1) is 0 Å². The molecule has 1 rings (SSSR count). The van der Waals surface area contributed by atoms with Gasteiger partial charge in [0.25, 0.3) is 0 Å². The number of carbonyl (C=O) groups excluding carboxylic acids is 1. The highest BCUT2D eigenvalue weighted by atomic mass is 16.5. The molecule has 0 atom stereocenters. The molecule has 0 saturated heterocycles. The van der Waals surface area contributed by atoms with Gasteiger partial charge in [0.15, 0.2) is 0 Å². The van der Waals surface area contributed by atoms with Crippen molar-refractivity contribution in [1.82, 2.24) is 5.43 Å². The van der Waals surface area contributed by atoms with Gasteiger partial charge >= 0.3 is 0 Å². The largest absolute Gasteiger partial charge is 0.366 e. The summed E-state index contributed by atoms with van der Waals surface area (Å²) in [7, 11) is 0. The van der Waals surface area contributed by atoms with Gasteiger partial charge in [-0.05, 0) is 31.2 Å². The molecule has 0 aliphatic heterocycles. The predicted molar refractivity (Wildman–Crippen MR) is 58.2 cm³/mol. The van der Waals surface area contributed by atoms with Crippen LogP contribution < -0.4 is 16.6 Å². The standard InChI is InChI=1S/C10H15N3O2/c1-2-15-7-12-13-9-5-3-8(4-6-9)10(11)14/h3-6,12-13H,2,7H2,1H3,(H2,11,14). The Kier molecular flexibility index (Phi) is 4.59. The van der Waals surface area contributed by atoms with Crippen molar-refractivity contribution in [2.75, 3.05) is 18.8 Å². The van der Waals surface area contributed by atoms with Gasteiger partial charge in [0, 0.05) is 17.9 Å². The summed E-state index contributed by atoms with van der Waals surface area (Å²) in [5.41, 5.74) is 12.2. The van der Waals surface area contributed by atoms with E-state index in [4.69, 9.17) is 10.5 Å². The fraction of sp³-hybridized carbons (Fsp3) is 0.300. The van der Waals surface area contributed by atoms with E-state index in [9.17, 15) is 4.79 Å². The summed E-state index contributed by atoms with van der Waals surface area (Å²) in [4.78, 5) is 10.8. The van der Waals surface area contributed by atoms with E-state index in [2.05, 4.69) is 10.9 Å². The average Bonchev–Trinajstić information content (AvgIpc) is 2.25. The van der Waals surface area contributed by atoms with Crippen LogP contribution in [0.5, 0.6) is 0 Å². The molecule has 0 aliphatic rings. The lowest BCUT2D eigenvalue weighted by Gasteiger charge is -2.08. The minimum atomic E-state index is -0.427. The average molecular weight is 209 g/mol. The number of rotatable bonds is 6. The SMILES string of the molecule is CCOCNNc1ccc(C(N)=O)cc1. The van der Waals surface area contributed by atoms with Crippen LogP contribution in [0.2, 0.25) is 0 Å². The first-order valence-electron chi connectivity index (χ1n) is 4.70. The summed E-state index contributed by atoms with van der Waals surface area (Å²) in [5, 5.41) is 0. The van der Waals surface area contributed by atoms with E-state index in [-0.39, 0.29) is 0 Å². The molecule has 5 heteroatoms. The number of hydrazine groups is 1. The zero-order valence-electron chi connectivity index (χ0n) is 8.62. The first-order chi connectivity index (χ1) is 7.24. The molecule has 1 aromatic rings. The smallest absolute Gasteiger partial charge is 0.248 e. The van der Waals surface area contributed by atoms with E-state index in [1.807, 2.05) is 6.92 Å². The van der Waals surface area contributed by atoms with Crippen molar-refractivity contribution in [2.45, 2.75) is 6.92 Å². The number of hydrogen-bond donors (Lipinski definition) is 3. The van der Waals surface area contributed by atoms with Gasteiger partial charge in [-0.1, -0.05) is 0 Å². The molecule has 1 amide bonds. The lowest BCUT2D eigenvalue weighted by atomic mass is 10.2. The second-order valence-corrected chi connectivity index (χ2v) is 2.88. The van der Waals surface area contributed by atoms with Crippen molar-refractivity contribution in [1.29, 1.82) is 0 Å². The van der Waals surface area contributed by atoms with Crippen molar-refractivity contribution >= 4 is 11.6 Å². The van der Waals surface area contributed by atoms with E-state index in [0.29, 0.717) is 18.9 Å². The third kappa shape index (κ3) is 3.97. The molecule has 0 heterocycles. The minimum Gasteiger partial charge on any atom is -0.366 e. The Morgan fingerprint density at radius 1 is 1.40 bits per heavy atom. The second kappa shape index (κ2) is 6.00. The van der Waals surface area contributed by atoms with Gasteiger partial charge in [-0.2, -0.15) is 0 Å². The highest BCUT2D eigenvalue weighted by molar-refractivity contribution is 5.93. The molecule has 0 radical (unpaired) electrons. The highest BCUT2D eigenvalue weighted by Crippen LogP contribution is 2.07. The van der Waals surface area contributed by atoms with Crippen LogP contribution in [0.3, 0.4) is 0 Å². The first-order valence-corrected chi connectivity index (χ1v) is 4.70. The number of anilines is 1. The van der Waals surface area contributed by atoms with Crippen LogP contribution in [0, 0.1) is 0 Å². The maximum Gasteiger partial charge on any atom is 0.248 e. The third-order valence-electron chi connectivity index (χ3n) is 1.78. The molecule has 0 unspecified atom stereocenters. The lowest BCUT2D eigenvalue weighted by Crippen LogP contribution is -2.24. The van der Waals surface area contributed by atoms with Crippen LogP contribution in [-0.4, -0.2) is 19.2 Å². The van der Waals surface area contributed by atoms with Crippen molar-refractivity contribution in [3.8, 4) is 0 Å². The summed E-state index contributed by atoms with van der Waals surface area (Å²) in [6.45, 7) is 3.01. The number of nitrogens with two attached hydrogens (primary N) is 1. The molecule has 0 aromatic heterocycles. The molecule has 0 bridgehead atoms. The van der Waals surface area contributed by atoms with E-state index in [0.717, 1.165) is 5.69 Å². The second-order valence-electron chi connectivity index (χ2n) is 2.88. The van der Waals surface area contributed by atoms with Crippen LogP contribution in [0.4, 0.5) is 5.69 Å². The third-order valence-corrected chi connectivity index (χ3v) is 1.78. The maximum absolute atomic E-state index is 10.8. The van der Waals surface area contributed by atoms with Gasteiger partial charge in [-0.3, -0.25) is 4.79 Å². The number of amides is 1. The molecule has 4 N–H and O–H groups in total. The quantitative estimate of drug-likeness (QED) is 0.366. The van der Waals surface area contributed by atoms with Gasteiger partial charge < -0.3 is 15.9 Å². The Hall–Kier alpha value is -1.59. The molecule has 0 spiro atoms. The van der Waals surface area contributed by atoms with Crippen LogP contribution in [0.15, 0.2) is 24.3 Å². The fourth-order valence-electron chi connectivity index (χ4n) is 1.01. The Morgan fingerprint density at radius 3 is 2.60 bits per heavy atom. The normalized spacial score (nSPS) is 9.93. The number of ether oxygens (including phenoxy) is 1. The molecular weight excluding hydrogens is 194 g/mol. The van der Waals surface area contributed by atoms with Gasteiger partial charge in [-0.25, -0.2) is 5.43 Å². The molecule has 1 aromatic carbocycles. The maximum atomic E-state index is 10.8. The fourth-order valence-corrected chi connectivity index (χ4v) is 1.01. The Morgan fingerprint density at radius 2 is 2.07 bits per heavy atom. The van der Waals surface area contributed by atoms with Crippen molar-refractivity contribution < 1.29 is 9.53 Å². The zero-order chi connectivity index (χ0) is 11.1. The van der Waals surface area contributed by atoms with Gasteiger partial charge in [0.05, 0.1) is 0 Å². The van der Waals surface area contributed by atoms with E-state index in [1.165, 1.54) is 0 Å². The summed E-state index contributed by atoms with van der Waals surface area (Å²) in [6, 6.07) is 6.85. The molecule has 15 heavy (non-hydrogen) atoms.